The number of nitrogens with one attached hydrogen (secondary N) is 1. The van der Waals surface area contributed by atoms with Crippen LogP contribution in [0.4, 0.5) is 4.79 Å². The van der Waals surface area contributed by atoms with Crippen molar-refractivity contribution in [2.75, 3.05) is 27.3 Å². The number of benzene rings is 1. The lowest BCUT2D eigenvalue weighted by Gasteiger charge is -2.32. The zero-order chi connectivity index (χ0) is 21.6. The lowest BCUT2D eigenvalue weighted by Crippen LogP contribution is -2.45. The summed E-state index contributed by atoms with van der Waals surface area (Å²) in [7, 11) is 3.20. The molecular formula is C22H26N4O4S. The first-order valence-electron chi connectivity index (χ1n) is 10.2. The summed E-state index contributed by atoms with van der Waals surface area (Å²) in [6, 6.07) is 7.54. The predicted molar refractivity (Wildman–Crippen MR) is 117 cm³/mol. The largest absolute Gasteiger partial charge is 0.493 e. The molecule has 1 saturated heterocycles. The molecule has 9 heteroatoms. The second-order valence-corrected chi connectivity index (χ2v) is 8.31. The maximum atomic E-state index is 12.7. The van der Waals surface area contributed by atoms with Gasteiger partial charge >= 0.3 is 6.03 Å². The Morgan fingerprint density at radius 2 is 2.16 bits per heavy atom. The minimum Gasteiger partial charge on any atom is -0.493 e. The van der Waals surface area contributed by atoms with E-state index in [9.17, 15) is 4.79 Å². The van der Waals surface area contributed by atoms with Crippen molar-refractivity contribution in [3.05, 3.63) is 46.5 Å². The van der Waals surface area contributed by atoms with Crippen molar-refractivity contribution >= 4 is 17.4 Å². The molecule has 8 nitrogen and oxygen atoms in total. The van der Waals surface area contributed by atoms with Crippen molar-refractivity contribution in [2.24, 2.45) is 5.92 Å². The number of hydrogen-bond acceptors (Lipinski definition) is 7. The van der Waals surface area contributed by atoms with Crippen molar-refractivity contribution in [2.45, 2.75) is 25.8 Å². The van der Waals surface area contributed by atoms with Gasteiger partial charge in [0.15, 0.2) is 11.5 Å². The number of ether oxygens (including phenoxy) is 2. The summed E-state index contributed by atoms with van der Waals surface area (Å²) in [5.41, 5.74) is 1.92. The molecule has 0 saturated carbocycles. The summed E-state index contributed by atoms with van der Waals surface area (Å²) in [6.45, 7) is 1.85. The lowest BCUT2D eigenvalue weighted by atomic mass is 9.95. The van der Waals surface area contributed by atoms with E-state index in [1.807, 2.05) is 39.9 Å². The van der Waals surface area contributed by atoms with Crippen molar-refractivity contribution in [1.29, 1.82) is 0 Å². The smallest absolute Gasteiger partial charge is 0.317 e. The number of carbonyl (C=O) groups excluding carboxylic acids is 1. The number of nitrogens with zero attached hydrogens (tertiary/aromatic N) is 3. The molecule has 31 heavy (non-hydrogen) atoms. The summed E-state index contributed by atoms with van der Waals surface area (Å²) >= 11 is 1.60. The van der Waals surface area contributed by atoms with Crippen LogP contribution in [0.15, 0.2) is 39.5 Å². The van der Waals surface area contributed by atoms with E-state index >= 15 is 0 Å². The summed E-state index contributed by atoms with van der Waals surface area (Å²) in [6.07, 6.45) is 2.67. The first kappa shape index (κ1) is 21.2. The number of urea groups is 1. The van der Waals surface area contributed by atoms with Crippen LogP contribution in [0.3, 0.4) is 0 Å². The summed E-state index contributed by atoms with van der Waals surface area (Å²) in [5, 5.41) is 11.1. The molecule has 1 unspecified atom stereocenters. The molecule has 1 aromatic carbocycles. The highest BCUT2D eigenvalue weighted by atomic mass is 32.1. The average molecular weight is 443 g/mol. The number of carbonyl (C=O) groups is 1. The van der Waals surface area contributed by atoms with Crippen LogP contribution in [0.5, 0.6) is 11.5 Å². The van der Waals surface area contributed by atoms with Gasteiger partial charge in [0.2, 0.25) is 11.7 Å². The van der Waals surface area contributed by atoms with Gasteiger partial charge in [0.05, 0.1) is 14.2 Å². The Bertz CT molecular complexity index is 1000. The van der Waals surface area contributed by atoms with Crippen LogP contribution in [0.1, 0.15) is 24.3 Å². The Morgan fingerprint density at radius 3 is 2.94 bits per heavy atom. The zero-order valence-electron chi connectivity index (χ0n) is 17.7. The Hall–Kier alpha value is -3.07. The van der Waals surface area contributed by atoms with E-state index < -0.39 is 0 Å². The number of likely N-dealkylation sites (tertiary alicyclic amines) is 1. The Kier molecular flexibility index (Phi) is 6.71. The summed E-state index contributed by atoms with van der Waals surface area (Å²) < 4.78 is 16.0. The van der Waals surface area contributed by atoms with Crippen LogP contribution in [0, 0.1) is 5.92 Å². The molecule has 1 atom stereocenters. The predicted octanol–water partition coefficient (Wildman–Crippen LogP) is 3.98. The van der Waals surface area contributed by atoms with Gasteiger partial charge in [-0.2, -0.15) is 16.3 Å². The van der Waals surface area contributed by atoms with E-state index in [4.69, 9.17) is 14.0 Å². The quantitative estimate of drug-likeness (QED) is 0.595. The topological polar surface area (TPSA) is 89.7 Å². The molecular weight excluding hydrogens is 416 g/mol. The van der Waals surface area contributed by atoms with Gasteiger partial charge in [-0.15, -0.1) is 0 Å². The molecule has 3 heterocycles. The first-order chi connectivity index (χ1) is 15.2. The van der Waals surface area contributed by atoms with Crippen LogP contribution in [0.25, 0.3) is 11.4 Å². The van der Waals surface area contributed by atoms with E-state index in [2.05, 4.69) is 15.5 Å². The molecule has 0 bridgehead atoms. The van der Waals surface area contributed by atoms with Crippen molar-refractivity contribution in [3.63, 3.8) is 0 Å². The van der Waals surface area contributed by atoms with Gasteiger partial charge in [0, 0.05) is 37.0 Å². The second kappa shape index (κ2) is 9.82. The van der Waals surface area contributed by atoms with Crippen LogP contribution in [0.2, 0.25) is 0 Å². The fourth-order valence-corrected chi connectivity index (χ4v) is 4.42. The second-order valence-electron chi connectivity index (χ2n) is 7.53. The number of methoxy groups -OCH3 is 2. The highest BCUT2D eigenvalue weighted by Gasteiger charge is 2.25. The zero-order valence-corrected chi connectivity index (χ0v) is 18.5. The van der Waals surface area contributed by atoms with E-state index in [0.717, 1.165) is 30.5 Å². The number of aromatic nitrogens is 2. The average Bonchev–Trinajstić information content (AvgIpc) is 3.49. The molecule has 4 rings (SSSR count). The molecule has 1 fully saturated rings. The highest BCUT2D eigenvalue weighted by molar-refractivity contribution is 7.08. The van der Waals surface area contributed by atoms with E-state index in [-0.39, 0.29) is 6.03 Å². The maximum absolute atomic E-state index is 12.7. The number of rotatable bonds is 7. The SMILES string of the molecule is COc1ccc(CNC(=O)N2CCCC(Cc3nc(-c4ccsc4)no3)C2)cc1OC. The molecule has 1 aliphatic rings. The molecule has 0 radical (unpaired) electrons. The molecule has 0 aliphatic carbocycles. The fourth-order valence-electron chi connectivity index (χ4n) is 3.79. The van der Waals surface area contributed by atoms with Crippen LogP contribution < -0.4 is 14.8 Å². The third-order valence-corrected chi connectivity index (χ3v) is 6.09. The van der Waals surface area contributed by atoms with E-state index in [1.165, 1.54) is 0 Å². The molecule has 2 amide bonds. The minimum atomic E-state index is -0.0658. The van der Waals surface area contributed by atoms with Gasteiger partial charge in [-0.1, -0.05) is 11.2 Å². The van der Waals surface area contributed by atoms with E-state index in [1.54, 1.807) is 25.6 Å². The highest BCUT2D eigenvalue weighted by Crippen LogP contribution is 2.27. The van der Waals surface area contributed by atoms with Gasteiger partial charge in [0.25, 0.3) is 0 Å². The Labute approximate surface area is 185 Å². The molecule has 164 valence electrons. The van der Waals surface area contributed by atoms with Gasteiger partial charge in [-0.3, -0.25) is 0 Å². The van der Waals surface area contributed by atoms with Gasteiger partial charge < -0.3 is 24.2 Å². The van der Waals surface area contributed by atoms with Gasteiger partial charge in [0.1, 0.15) is 0 Å². The summed E-state index contributed by atoms with van der Waals surface area (Å²) in [5.74, 6) is 2.86. The maximum Gasteiger partial charge on any atom is 0.317 e. The third-order valence-electron chi connectivity index (χ3n) is 5.41. The minimum absolute atomic E-state index is 0.0658. The van der Waals surface area contributed by atoms with Gasteiger partial charge in [-0.05, 0) is 47.9 Å². The molecule has 2 aromatic heterocycles. The van der Waals surface area contributed by atoms with Crippen molar-refractivity contribution < 1.29 is 18.8 Å². The number of piperidine rings is 1. The molecule has 3 aromatic rings. The lowest BCUT2D eigenvalue weighted by molar-refractivity contribution is 0.161. The molecule has 1 aliphatic heterocycles. The number of thiophene rings is 1. The van der Waals surface area contributed by atoms with Crippen molar-refractivity contribution in [1.82, 2.24) is 20.4 Å². The Morgan fingerprint density at radius 1 is 1.29 bits per heavy atom. The Balaban J connectivity index is 1.30. The van der Waals surface area contributed by atoms with Crippen molar-refractivity contribution in [3.8, 4) is 22.9 Å². The van der Waals surface area contributed by atoms with Crippen LogP contribution in [-0.2, 0) is 13.0 Å². The number of hydrogen-bond donors (Lipinski definition) is 1. The molecule has 0 spiro atoms. The van der Waals surface area contributed by atoms with E-state index in [0.29, 0.717) is 48.6 Å². The van der Waals surface area contributed by atoms with Crippen LogP contribution in [-0.4, -0.2) is 48.4 Å². The number of amides is 2. The normalized spacial score (nSPS) is 16.2. The fraction of sp³-hybridized carbons (Fsp3) is 0.409. The standard InChI is InChI=1S/C22H26N4O4S/c1-28-18-6-5-15(10-19(18)29-2)12-23-22(27)26-8-3-4-16(13-26)11-20-24-21(25-30-20)17-7-9-31-14-17/h5-7,9-10,14,16H,3-4,8,11-13H2,1-2H3,(H,23,27). The monoisotopic (exact) mass is 442 g/mol. The molecule has 1 N–H and O–H groups in total. The van der Waals surface area contributed by atoms with Crippen LogP contribution >= 0.6 is 11.3 Å². The van der Waals surface area contributed by atoms with Gasteiger partial charge in [-0.25, -0.2) is 4.79 Å². The first-order valence-corrected chi connectivity index (χ1v) is 11.2. The summed E-state index contributed by atoms with van der Waals surface area (Å²) in [4.78, 5) is 19.1. The third kappa shape index (κ3) is 5.16.